The second kappa shape index (κ2) is 15.6. The molecule has 46 heavy (non-hydrogen) atoms. The first-order valence-corrected chi connectivity index (χ1v) is 17.3. The van der Waals surface area contributed by atoms with Crippen molar-refractivity contribution in [2.24, 2.45) is 5.92 Å². The smallest absolute Gasteiger partial charge is 0.264 e. The number of benzene rings is 4. The van der Waals surface area contributed by atoms with Crippen molar-refractivity contribution < 1.29 is 18.0 Å². The summed E-state index contributed by atoms with van der Waals surface area (Å²) in [5.74, 6) is -0.710. The van der Waals surface area contributed by atoms with Gasteiger partial charge in [-0.15, -0.1) is 0 Å². The van der Waals surface area contributed by atoms with Gasteiger partial charge in [0.1, 0.15) is 12.6 Å². The summed E-state index contributed by atoms with van der Waals surface area (Å²) < 4.78 is 29.6. The van der Waals surface area contributed by atoms with Crippen molar-refractivity contribution in [3.8, 4) is 0 Å². The summed E-state index contributed by atoms with van der Waals surface area (Å²) in [5, 5.41) is 3.65. The number of hydrogen-bond donors (Lipinski definition) is 1. The number of halogens is 2. The van der Waals surface area contributed by atoms with Gasteiger partial charge in [0.25, 0.3) is 10.0 Å². The molecule has 0 spiro atoms. The second-order valence-corrected chi connectivity index (χ2v) is 14.3. The average molecular weight is 681 g/mol. The number of carbonyl (C=O) groups is 2. The Kier molecular flexibility index (Phi) is 11.9. The van der Waals surface area contributed by atoms with Gasteiger partial charge in [-0.05, 0) is 72.4 Å². The fourth-order valence-electron chi connectivity index (χ4n) is 5.05. The number of nitrogens with one attached hydrogen (secondary N) is 1. The summed E-state index contributed by atoms with van der Waals surface area (Å²) in [7, 11) is -4.19. The Morgan fingerprint density at radius 3 is 2.09 bits per heavy atom. The van der Waals surface area contributed by atoms with Gasteiger partial charge < -0.3 is 10.2 Å². The maximum atomic E-state index is 14.6. The van der Waals surface area contributed by atoms with Crippen molar-refractivity contribution in [1.82, 2.24) is 10.2 Å². The van der Waals surface area contributed by atoms with E-state index in [0.29, 0.717) is 27.8 Å². The monoisotopic (exact) mass is 679 g/mol. The molecule has 1 atom stereocenters. The Morgan fingerprint density at radius 2 is 1.46 bits per heavy atom. The highest BCUT2D eigenvalue weighted by Crippen LogP contribution is 2.30. The topological polar surface area (TPSA) is 86.8 Å². The highest BCUT2D eigenvalue weighted by atomic mass is 35.5. The molecule has 10 heteroatoms. The fourth-order valence-corrected chi connectivity index (χ4v) is 6.86. The molecule has 0 aliphatic carbocycles. The summed E-state index contributed by atoms with van der Waals surface area (Å²) in [6.45, 7) is 7.56. The molecule has 4 aromatic carbocycles. The van der Waals surface area contributed by atoms with Gasteiger partial charge in [-0.1, -0.05) is 104 Å². The molecule has 0 heterocycles. The van der Waals surface area contributed by atoms with Crippen LogP contribution in [0.15, 0.2) is 102 Å². The second-order valence-electron chi connectivity index (χ2n) is 11.7. The summed E-state index contributed by atoms with van der Waals surface area (Å²) >= 11 is 12.5. The third-order valence-corrected chi connectivity index (χ3v) is 10.3. The van der Waals surface area contributed by atoms with Crippen molar-refractivity contribution in [3.05, 3.63) is 129 Å². The van der Waals surface area contributed by atoms with Crippen LogP contribution in [0.25, 0.3) is 0 Å². The van der Waals surface area contributed by atoms with Crippen LogP contribution in [0.4, 0.5) is 5.69 Å². The van der Waals surface area contributed by atoms with E-state index < -0.39 is 28.5 Å². The van der Waals surface area contributed by atoms with Crippen LogP contribution in [0.2, 0.25) is 10.0 Å². The van der Waals surface area contributed by atoms with Gasteiger partial charge in [0.15, 0.2) is 0 Å². The Balaban J connectivity index is 1.84. The number of amides is 2. The summed E-state index contributed by atoms with van der Waals surface area (Å²) in [5.41, 5.74) is 3.47. The van der Waals surface area contributed by atoms with Crippen molar-refractivity contribution in [2.75, 3.05) is 17.4 Å². The van der Waals surface area contributed by atoms with E-state index in [-0.39, 0.29) is 29.7 Å². The number of carbonyl (C=O) groups excluding carboxylic acids is 2. The van der Waals surface area contributed by atoms with E-state index in [1.807, 2.05) is 64.1 Å². The van der Waals surface area contributed by atoms with E-state index in [1.165, 1.54) is 17.0 Å². The maximum absolute atomic E-state index is 14.6. The van der Waals surface area contributed by atoms with Crippen LogP contribution in [0.1, 0.15) is 36.1 Å². The molecule has 1 N–H and O–H groups in total. The minimum atomic E-state index is -4.19. The van der Waals surface area contributed by atoms with E-state index in [0.717, 1.165) is 21.0 Å². The zero-order valence-electron chi connectivity index (χ0n) is 26.4. The van der Waals surface area contributed by atoms with E-state index in [4.69, 9.17) is 23.2 Å². The number of aryl methyl sites for hydroxylation is 1. The quantitative estimate of drug-likeness (QED) is 0.162. The number of anilines is 1. The van der Waals surface area contributed by atoms with Gasteiger partial charge in [0, 0.05) is 19.5 Å². The normalized spacial score (nSPS) is 12.1. The Morgan fingerprint density at radius 1 is 0.804 bits per heavy atom. The van der Waals surface area contributed by atoms with Crippen LogP contribution in [-0.2, 0) is 32.6 Å². The zero-order valence-corrected chi connectivity index (χ0v) is 28.7. The molecule has 4 rings (SSSR count). The molecule has 0 fully saturated rings. The first-order chi connectivity index (χ1) is 21.9. The third-order valence-electron chi connectivity index (χ3n) is 7.75. The highest BCUT2D eigenvalue weighted by molar-refractivity contribution is 7.92. The molecule has 0 aromatic heterocycles. The summed E-state index contributed by atoms with van der Waals surface area (Å²) in [6.07, 6.45) is 0.215. The molecule has 7 nitrogen and oxygen atoms in total. The molecule has 0 saturated heterocycles. The Labute approximate surface area is 282 Å². The Hall–Kier alpha value is -3.85. The largest absolute Gasteiger partial charge is 0.354 e. The average Bonchev–Trinajstić information content (AvgIpc) is 3.04. The highest BCUT2D eigenvalue weighted by Gasteiger charge is 2.35. The number of sulfonamides is 1. The van der Waals surface area contributed by atoms with Crippen molar-refractivity contribution in [3.63, 3.8) is 0 Å². The third kappa shape index (κ3) is 8.69. The van der Waals surface area contributed by atoms with Crippen molar-refractivity contribution in [2.45, 2.75) is 51.6 Å². The molecule has 242 valence electrons. The first kappa shape index (κ1) is 35.0. The van der Waals surface area contributed by atoms with Gasteiger partial charge in [0.2, 0.25) is 11.8 Å². The molecule has 0 radical (unpaired) electrons. The lowest BCUT2D eigenvalue weighted by molar-refractivity contribution is -0.140. The minimum absolute atomic E-state index is 0.00561. The molecular formula is C36H39Cl2N3O4S. The van der Waals surface area contributed by atoms with Crippen LogP contribution in [0.5, 0.6) is 0 Å². The van der Waals surface area contributed by atoms with Crippen LogP contribution >= 0.6 is 23.2 Å². The molecule has 0 saturated carbocycles. The predicted molar refractivity (Wildman–Crippen MR) is 186 cm³/mol. The maximum Gasteiger partial charge on any atom is 0.264 e. The van der Waals surface area contributed by atoms with Crippen LogP contribution in [-0.4, -0.2) is 44.3 Å². The summed E-state index contributed by atoms with van der Waals surface area (Å²) in [4.78, 5) is 30.0. The number of hydrogen-bond acceptors (Lipinski definition) is 4. The lowest BCUT2D eigenvalue weighted by atomic mass is 10.0. The van der Waals surface area contributed by atoms with E-state index >= 15 is 0 Å². The van der Waals surface area contributed by atoms with Gasteiger partial charge in [-0.2, -0.15) is 0 Å². The fraction of sp³-hybridized carbons (Fsp3) is 0.278. The van der Waals surface area contributed by atoms with E-state index in [9.17, 15) is 18.0 Å². The van der Waals surface area contributed by atoms with Gasteiger partial charge >= 0.3 is 0 Å². The number of nitrogens with zero attached hydrogens (tertiary/aromatic N) is 2. The predicted octanol–water partition coefficient (Wildman–Crippen LogP) is 7.22. The molecule has 0 bridgehead atoms. The number of rotatable bonds is 13. The first-order valence-electron chi connectivity index (χ1n) is 15.1. The summed E-state index contributed by atoms with van der Waals surface area (Å²) in [6, 6.07) is 26.9. The van der Waals surface area contributed by atoms with Crippen molar-refractivity contribution in [1.29, 1.82) is 0 Å². The van der Waals surface area contributed by atoms with E-state index in [2.05, 4.69) is 5.32 Å². The minimum Gasteiger partial charge on any atom is -0.354 e. The van der Waals surface area contributed by atoms with Gasteiger partial charge in [-0.3, -0.25) is 13.9 Å². The lowest BCUT2D eigenvalue weighted by Crippen LogP contribution is -2.53. The molecule has 0 aliphatic heterocycles. The standard InChI is InChI=1S/C36H39Cl2N3O4S/c1-25(2)22-39-36(43)34(21-28-13-7-5-8-14-28)40(23-29-18-19-31(37)32(38)20-29)35(42)24-41(33-17-11-12-26(3)27(33)4)46(44,45)30-15-9-6-10-16-30/h5-20,25,34H,21-24H2,1-4H3,(H,39,43)/t34-/m1/s1. The molecule has 2 amide bonds. The zero-order chi connectivity index (χ0) is 33.4. The molecule has 0 aliphatic rings. The Bertz CT molecular complexity index is 1770. The van der Waals surface area contributed by atoms with Crippen molar-refractivity contribution >= 4 is 50.7 Å². The van der Waals surface area contributed by atoms with Gasteiger partial charge in [-0.25, -0.2) is 8.42 Å². The van der Waals surface area contributed by atoms with E-state index in [1.54, 1.807) is 48.5 Å². The van der Waals surface area contributed by atoms with Crippen LogP contribution < -0.4 is 9.62 Å². The van der Waals surface area contributed by atoms with Gasteiger partial charge in [0.05, 0.1) is 20.6 Å². The lowest BCUT2D eigenvalue weighted by Gasteiger charge is -2.34. The van der Waals surface area contributed by atoms with Crippen LogP contribution in [0.3, 0.4) is 0 Å². The molecule has 4 aromatic rings. The van der Waals surface area contributed by atoms with Crippen LogP contribution in [0, 0.1) is 19.8 Å². The SMILES string of the molecule is Cc1cccc(N(CC(=O)N(Cc2ccc(Cl)c(Cl)c2)[C@H](Cc2ccccc2)C(=O)NCC(C)C)S(=O)(=O)c2ccccc2)c1C. The molecular weight excluding hydrogens is 641 g/mol. The molecule has 0 unspecified atom stereocenters.